The van der Waals surface area contributed by atoms with Gasteiger partial charge in [-0.2, -0.15) is 0 Å². The number of benzene rings is 6. The molecule has 0 aliphatic carbocycles. The Morgan fingerprint density at radius 1 is 0.262 bits per heavy atom. The Hall–Kier alpha value is -5.67. The molecule has 3 nitrogen and oxygen atoms in total. The molecule has 0 spiro atoms. The molecule has 3 heteroatoms. The van der Waals surface area contributed by atoms with Crippen LogP contribution in [0.3, 0.4) is 0 Å². The van der Waals surface area contributed by atoms with Crippen LogP contribution >= 0.6 is 0 Å². The quantitative estimate of drug-likeness (QED) is 0.208. The van der Waals surface area contributed by atoms with E-state index in [1.165, 1.54) is 0 Å². The van der Waals surface area contributed by atoms with Crippen molar-refractivity contribution in [1.82, 2.24) is 15.0 Å². The van der Waals surface area contributed by atoms with Crippen molar-refractivity contribution in [3.63, 3.8) is 0 Å². The second-order valence-corrected chi connectivity index (χ2v) is 10.1. The molecule has 1 aromatic heterocycles. The maximum Gasteiger partial charge on any atom is 0.164 e. The molecule has 7 aromatic rings. The van der Waals surface area contributed by atoms with Crippen molar-refractivity contribution < 1.29 is 4.40 Å². The molecule has 0 radical (unpaired) electrons. The zero-order valence-corrected chi connectivity index (χ0v) is 22.9. The molecule has 0 N–H and O–H groups in total. The van der Waals surface area contributed by atoms with Crippen LogP contribution < -0.4 is 0 Å². The third kappa shape index (κ3) is 5.36. The van der Waals surface area contributed by atoms with Crippen LogP contribution in [0.5, 0.6) is 0 Å². The smallest absolute Gasteiger partial charge is 0.164 e. The Morgan fingerprint density at radius 3 is 0.786 bits per heavy atom. The van der Waals surface area contributed by atoms with E-state index in [1.54, 1.807) is 0 Å². The third-order valence-electron chi connectivity index (χ3n) is 7.32. The first-order chi connectivity index (χ1) is 21.8. The molecule has 6 aromatic carbocycles. The van der Waals surface area contributed by atoms with Crippen LogP contribution in [0.15, 0.2) is 164 Å². The molecule has 0 atom stereocenters. The largest absolute Gasteiger partial charge is 0.208 e. The number of nitrogens with zero attached hydrogens (tertiary/aromatic N) is 3. The first kappa shape index (κ1) is 24.2. The molecular weight excluding hydrogens is 510 g/mol. The van der Waals surface area contributed by atoms with E-state index in [0.717, 1.165) is 50.1 Å². The van der Waals surface area contributed by atoms with E-state index in [-0.39, 0.29) is 1.43 Å². The van der Waals surface area contributed by atoms with Crippen LogP contribution in [0.1, 0.15) is 4.40 Å². The summed E-state index contributed by atoms with van der Waals surface area (Å²) in [4.78, 5) is 15.1. The highest BCUT2D eigenvalue weighted by molar-refractivity contribution is 5.76. The summed E-state index contributed by atoms with van der Waals surface area (Å²) < 4.78 is 10.0. The van der Waals surface area contributed by atoms with E-state index in [9.17, 15) is 0 Å². The van der Waals surface area contributed by atoms with Crippen molar-refractivity contribution in [1.29, 1.82) is 0 Å². The van der Waals surface area contributed by atoms with Gasteiger partial charge in [-0.3, -0.25) is 0 Å². The van der Waals surface area contributed by atoms with Crippen molar-refractivity contribution in [2.24, 2.45) is 0 Å². The van der Waals surface area contributed by atoms with Crippen molar-refractivity contribution >= 4 is 0 Å². The minimum atomic E-state index is 0. The van der Waals surface area contributed by atoms with Crippen molar-refractivity contribution in [3.8, 4) is 67.5 Å². The van der Waals surface area contributed by atoms with Crippen LogP contribution in [0.4, 0.5) is 0 Å². The van der Waals surface area contributed by atoms with Crippen LogP contribution in [0.25, 0.3) is 67.5 Å². The first-order valence-electron chi connectivity index (χ1n) is 15.0. The fourth-order valence-electron chi connectivity index (χ4n) is 5.17. The summed E-state index contributed by atoms with van der Waals surface area (Å²) in [5.74, 6) is 1.93. The van der Waals surface area contributed by atoms with E-state index in [4.69, 9.17) is 17.9 Å². The van der Waals surface area contributed by atoms with Gasteiger partial charge in [-0.25, -0.2) is 15.0 Å². The van der Waals surface area contributed by atoms with Crippen molar-refractivity contribution in [2.45, 2.75) is 0 Å². The molecule has 0 saturated carbocycles. The fraction of sp³-hybridized carbons (Fsp3) is 0. The lowest BCUT2D eigenvalue weighted by Gasteiger charge is -2.11. The van der Waals surface area contributed by atoms with Crippen LogP contribution in [-0.4, -0.2) is 15.0 Å². The molecule has 42 heavy (non-hydrogen) atoms. The van der Waals surface area contributed by atoms with Gasteiger partial charge in [0.1, 0.15) is 0 Å². The van der Waals surface area contributed by atoms with Gasteiger partial charge in [0.25, 0.3) is 0 Å². The van der Waals surface area contributed by atoms with Gasteiger partial charge in [0.05, 0.1) is 0 Å². The maximum absolute atomic E-state index is 5.03. The average molecular weight is 548 g/mol. The van der Waals surface area contributed by atoms with Gasteiger partial charge in [-0.05, 0) is 51.6 Å². The standard InChI is InChI=1S/C39H27N3.2H2/c1-4-13-28(14-5-1)31-19-10-22-34(25-31)37-40-38(35-23-11-20-32(26-35)29-15-6-2-7-16-29)42-39(41-37)36-24-12-21-33(27-36)30-17-8-3-9-18-30;;/h1-27H;2*1H/i;1+2T;1+2. The Kier molecular flexibility index (Phi) is 6.58. The van der Waals surface area contributed by atoms with Gasteiger partial charge in [0.15, 0.2) is 17.5 Å². The molecule has 1 heterocycles. The highest BCUT2D eigenvalue weighted by atomic mass is 15.0. The molecule has 0 bridgehead atoms. The van der Waals surface area contributed by atoms with Crippen LogP contribution in [-0.2, 0) is 0 Å². The van der Waals surface area contributed by atoms with Gasteiger partial charge < -0.3 is 0 Å². The summed E-state index contributed by atoms with van der Waals surface area (Å²) >= 11 is 0. The molecule has 202 valence electrons. The topological polar surface area (TPSA) is 38.7 Å². The number of rotatable bonds is 6. The third-order valence-corrected chi connectivity index (χ3v) is 7.32. The van der Waals surface area contributed by atoms with Crippen LogP contribution in [0.2, 0.25) is 0 Å². The Morgan fingerprint density at radius 2 is 0.500 bits per heavy atom. The molecule has 0 aliphatic heterocycles. The van der Waals surface area contributed by atoms with E-state index in [2.05, 4.69) is 146 Å². The average Bonchev–Trinajstić information content (AvgIpc) is 3.13. The second-order valence-electron chi connectivity index (χ2n) is 10.1. The highest BCUT2D eigenvalue weighted by Crippen LogP contribution is 2.31. The minimum Gasteiger partial charge on any atom is -0.208 e. The number of aromatic nitrogens is 3. The van der Waals surface area contributed by atoms with E-state index in [1.807, 2.05) is 18.2 Å². The maximum atomic E-state index is 5.03. The molecular formula is C39H31N3. The summed E-state index contributed by atoms with van der Waals surface area (Å²) in [6, 6.07) is 56.3. The van der Waals surface area contributed by atoms with Gasteiger partial charge >= 0.3 is 0 Å². The predicted molar refractivity (Wildman–Crippen MR) is 177 cm³/mol. The van der Waals surface area contributed by atoms with E-state index < -0.39 is 0 Å². The van der Waals surface area contributed by atoms with Crippen molar-refractivity contribution in [3.05, 3.63) is 164 Å². The van der Waals surface area contributed by atoms with Gasteiger partial charge in [0.2, 0.25) is 0 Å². The molecule has 0 aliphatic rings. The van der Waals surface area contributed by atoms with Crippen molar-refractivity contribution in [2.75, 3.05) is 0 Å². The van der Waals surface area contributed by atoms with Gasteiger partial charge in [0, 0.05) is 21.1 Å². The summed E-state index contributed by atoms with van der Waals surface area (Å²) in [6.07, 6.45) is 0. The van der Waals surface area contributed by atoms with Crippen LogP contribution in [0, 0.1) is 0 Å². The summed E-state index contributed by atoms with van der Waals surface area (Å²) in [7, 11) is 0. The molecule has 0 fully saturated rings. The van der Waals surface area contributed by atoms with Gasteiger partial charge in [-0.1, -0.05) is 146 Å². The van der Waals surface area contributed by atoms with Gasteiger partial charge in [-0.15, -0.1) is 0 Å². The molecule has 0 unspecified atom stereocenters. The summed E-state index contributed by atoms with van der Waals surface area (Å²) in [5, 5.41) is 0. The summed E-state index contributed by atoms with van der Waals surface area (Å²) in [6.45, 7) is 0. The second kappa shape index (κ2) is 11.4. The van der Waals surface area contributed by atoms with E-state index in [0.29, 0.717) is 17.5 Å². The lowest BCUT2D eigenvalue weighted by atomic mass is 10.0. The predicted octanol–water partition coefficient (Wildman–Crippen LogP) is 10.4. The fourth-order valence-corrected chi connectivity index (χ4v) is 5.17. The number of hydrogen-bond acceptors (Lipinski definition) is 3. The molecule has 0 saturated heterocycles. The zero-order valence-electron chi connectivity index (χ0n) is 24.9. The highest BCUT2D eigenvalue weighted by Gasteiger charge is 2.14. The first-order valence-corrected chi connectivity index (χ1v) is 14.0. The van der Waals surface area contributed by atoms with E-state index >= 15 is 0 Å². The molecule has 0 amide bonds. The Bertz CT molecular complexity index is 1740. The Balaban J connectivity index is 0.00000131. The monoisotopic (exact) mass is 547 g/mol. The normalized spacial score (nSPS) is 11.0. The SMILES string of the molecule is [3HH].[3H][3H].c1ccc(-c2cccc(-c3nc(-c4cccc(-c5ccccc5)c4)nc(-c4cccc(-c5ccccc5)c4)n3)c2)cc1. The number of hydrogen-bond donors (Lipinski definition) is 0. The minimum absolute atomic E-state index is 0. The lowest BCUT2D eigenvalue weighted by Crippen LogP contribution is -2.00. The lowest BCUT2D eigenvalue weighted by molar-refractivity contribution is 1.07. The zero-order chi connectivity index (χ0) is 30.1. The summed E-state index contributed by atoms with van der Waals surface area (Å²) in [5.41, 5.74) is 9.65. The molecule has 7 rings (SSSR count). The Labute approximate surface area is 250 Å².